The Hall–Kier alpha value is -0.760. The number of hydrogen-bond donors (Lipinski definition) is 4. The maximum atomic E-state index is 9.82. The third-order valence-corrected chi connectivity index (χ3v) is 3.63. The van der Waals surface area contributed by atoms with Crippen molar-refractivity contribution in [2.75, 3.05) is 13.2 Å². The molecule has 1 rings (SSSR count). The van der Waals surface area contributed by atoms with Gasteiger partial charge in [-0.25, -0.2) is 0 Å². The van der Waals surface area contributed by atoms with Crippen LogP contribution in [0, 0.1) is 0 Å². The number of allylic oxidation sites excluding steroid dienone is 3. The van der Waals surface area contributed by atoms with Crippen LogP contribution in [0.15, 0.2) is 23.3 Å². The molecule has 22 heavy (non-hydrogen) atoms. The molecule has 1 saturated heterocycles. The SMILES string of the molecule is CC(C)=CCC/C(C)=C/CO[C@@H]1O[C@H](CO)[C@H](O)[C@H](O)[C@H]1O. The van der Waals surface area contributed by atoms with Crippen LogP contribution >= 0.6 is 0 Å². The fourth-order valence-electron chi connectivity index (χ4n) is 2.18. The Balaban J connectivity index is 2.44. The summed E-state index contributed by atoms with van der Waals surface area (Å²) in [5.41, 5.74) is 2.44. The van der Waals surface area contributed by atoms with E-state index in [4.69, 9.17) is 14.6 Å². The average molecular weight is 316 g/mol. The standard InChI is InChI=1S/C16H28O6/c1-10(2)5-4-6-11(3)7-8-21-16-15(20)14(19)13(18)12(9-17)22-16/h5,7,12-20H,4,6,8-9H2,1-3H3/b11-7+/t12-,13+,14+,15-,16-/m1/s1. The minimum absolute atomic E-state index is 0.226. The molecule has 0 bridgehead atoms. The largest absolute Gasteiger partial charge is 0.394 e. The van der Waals surface area contributed by atoms with Crippen molar-refractivity contribution in [3.63, 3.8) is 0 Å². The van der Waals surface area contributed by atoms with E-state index < -0.39 is 37.3 Å². The second-order valence-corrected chi connectivity index (χ2v) is 5.90. The van der Waals surface area contributed by atoms with Crippen molar-refractivity contribution >= 4 is 0 Å². The number of aliphatic hydroxyl groups excluding tert-OH is 4. The third kappa shape index (κ3) is 5.79. The summed E-state index contributed by atoms with van der Waals surface area (Å²) in [5.74, 6) is 0. The van der Waals surface area contributed by atoms with Gasteiger partial charge in [0.05, 0.1) is 13.2 Å². The topological polar surface area (TPSA) is 99.4 Å². The Labute approximate surface area is 131 Å². The average Bonchev–Trinajstić information content (AvgIpc) is 2.47. The molecule has 0 aliphatic carbocycles. The molecule has 1 heterocycles. The predicted octanol–water partition coefficient (Wildman–Crippen LogP) is 0.496. The van der Waals surface area contributed by atoms with E-state index >= 15 is 0 Å². The molecular weight excluding hydrogens is 288 g/mol. The van der Waals surface area contributed by atoms with Gasteiger partial charge in [-0.1, -0.05) is 23.3 Å². The van der Waals surface area contributed by atoms with Crippen molar-refractivity contribution in [1.82, 2.24) is 0 Å². The van der Waals surface area contributed by atoms with Crippen molar-refractivity contribution in [3.05, 3.63) is 23.3 Å². The fourth-order valence-corrected chi connectivity index (χ4v) is 2.18. The maximum absolute atomic E-state index is 9.82. The van der Waals surface area contributed by atoms with E-state index in [0.717, 1.165) is 18.4 Å². The van der Waals surface area contributed by atoms with Crippen LogP contribution in [0.25, 0.3) is 0 Å². The molecule has 0 aromatic carbocycles. The molecule has 0 radical (unpaired) electrons. The van der Waals surface area contributed by atoms with Crippen LogP contribution in [0.5, 0.6) is 0 Å². The first-order chi connectivity index (χ1) is 10.4. The first-order valence-electron chi connectivity index (χ1n) is 7.58. The Morgan fingerprint density at radius 1 is 1.05 bits per heavy atom. The van der Waals surface area contributed by atoms with Gasteiger partial charge in [-0.15, -0.1) is 0 Å². The zero-order valence-electron chi connectivity index (χ0n) is 13.5. The molecule has 0 aromatic heterocycles. The van der Waals surface area contributed by atoms with E-state index in [1.54, 1.807) is 0 Å². The molecule has 5 atom stereocenters. The summed E-state index contributed by atoms with van der Waals surface area (Å²) < 4.78 is 10.7. The summed E-state index contributed by atoms with van der Waals surface area (Å²) in [6, 6.07) is 0. The van der Waals surface area contributed by atoms with E-state index in [9.17, 15) is 15.3 Å². The predicted molar refractivity (Wildman–Crippen MR) is 82.1 cm³/mol. The first kappa shape index (κ1) is 19.3. The zero-order chi connectivity index (χ0) is 16.7. The van der Waals surface area contributed by atoms with Crippen LogP contribution in [0.4, 0.5) is 0 Å². The third-order valence-electron chi connectivity index (χ3n) is 3.63. The molecule has 1 aliphatic rings. The van der Waals surface area contributed by atoms with Gasteiger partial charge >= 0.3 is 0 Å². The monoisotopic (exact) mass is 316 g/mol. The van der Waals surface area contributed by atoms with Gasteiger partial charge in [-0.3, -0.25) is 0 Å². The smallest absolute Gasteiger partial charge is 0.187 e. The van der Waals surface area contributed by atoms with Crippen LogP contribution in [0.1, 0.15) is 33.6 Å². The van der Waals surface area contributed by atoms with Gasteiger partial charge in [0.25, 0.3) is 0 Å². The molecule has 128 valence electrons. The Kier molecular flexibility index (Phi) is 8.24. The Bertz CT molecular complexity index is 386. The van der Waals surface area contributed by atoms with Crippen LogP contribution in [0.3, 0.4) is 0 Å². The molecule has 0 aromatic rings. The fraction of sp³-hybridized carbons (Fsp3) is 0.750. The van der Waals surface area contributed by atoms with E-state index in [0.29, 0.717) is 0 Å². The van der Waals surface area contributed by atoms with Gasteiger partial charge < -0.3 is 29.9 Å². The lowest BCUT2D eigenvalue weighted by Gasteiger charge is -2.39. The zero-order valence-corrected chi connectivity index (χ0v) is 13.5. The highest BCUT2D eigenvalue weighted by Crippen LogP contribution is 2.22. The van der Waals surface area contributed by atoms with Gasteiger partial charge in [0.1, 0.15) is 24.4 Å². The first-order valence-corrected chi connectivity index (χ1v) is 7.58. The molecule has 0 amide bonds. The quantitative estimate of drug-likeness (QED) is 0.510. The number of rotatable bonds is 7. The summed E-state index contributed by atoms with van der Waals surface area (Å²) in [5, 5.41) is 38.2. The van der Waals surface area contributed by atoms with Crippen molar-refractivity contribution in [1.29, 1.82) is 0 Å². The summed E-state index contributed by atoms with van der Waals surface area (Å²) in [6.07, 6.45) is -0.190. The van der Waals surface area contributed by atoms with Gasteiger partial charge in [0, 0.05) is 0 Å². The lowest BCUT2D eigenvalue weighted by atomic mass is 9.99. The van der Waals surface area contributed by atoms with Crippen molar-refractivity contribution in [2.45, 2.75) is 64.3 Å². The Morgan fingerprint density at radius 3 is 2.32 bits per heavy atom. The lowest BCUT2D eigenvalue weighted by Crippen LogP contribution is -2.59. The molecule has 0 saturated carbocycles. The molecule has 6 heteroatoms. The van der Waals surface area contributed by atoms with Crippen molar-refractivity contribution in [2.24, 2.45) is 0 Å². The van der Waals surface area contributed by atoms with Gasteiger partial charge in [0.2, 0.25) is 0 Å². The minimum atomic E-state index is -1.40. The minimum Gasteiger partial charge on any atom is -0.394 e. The Morgan fingerprint density at radius 2 is 1.73 bits per heavy atom. The number of aliphatic hydroxyl groups is 4. The molecule has 1 aliphatic heterocycles. The van der Waals surface area contributed by atoms with Crippen LogP contribution in [-0.2, 0) is 9.47 Å². The number of ether oxygens (including phenoxy) is 2. The van der Waals surface area contributed by atoms with E-state index in [-0.39, 0.29) is 6.61 Å². The van der Waals surface area contributed by atoms with Crippen LogP contribution < -0.4 is 0 Å². The summed E-state index contributed by atoms with van der Waals surface area (Å²) in [6.45, 7) is 5.88. The van der Waals surface area contributed by atoms with Crippen LogP contribution in [-0.4, -0.2) is 64.3 Å². The normalized spacial score (nSPS) is 32.9. The molecule has 1 fully saturated rings. The molecule has 6 nitrogen and oxygen atoms in total. The number of hydrogen-bond acceptors (Lipinski definition) is 6. The highest BCUT2D eigenvalue weighted by molar-refractivity contribution is 5.02. The van der Waals surface area contributed by atoms with Gasteiger partial charge in [-0.2, -0.15) is 0 Å². The van der Waals surface area contributed by atoms with Gasteiger partial charge in [-0.05, 0) is 33.6 Å². The summed E-state index contributed by atoms with van der Waals surface area (Å²) in [7, 11) is 0. The van der Waals surface area contributed by atoms with Crippen molar-refractivity contribution in [3.8, 4) is 0 Å². The maximum Gasteiger partial charge on any atom is 0.187 e. The van der Waals surface area contributed by atoms with Crippen LogP contribution in [0.2, 0.25) is 0 Å². The summed E-state index contributed by atoms with van der Waals surface area (Å²) >= 11 is 0. The molecule has 4 N–H and O–H groups in total. The lowest BCUT2D eigenvalue weighted by molar-refractivity contribution is -0.298. The van der Waals surface area contributed by atoms with E-state index in [1.165, 1.54) is 5.57 Å². The summed E-state index contributed by atoms with van der Waals surface area (Å²) in [4.78, 5) is 0. The second-order valence-electron chi connectivity index (χ2n) is 5.90. The highest BCUT2D eigenvalue weighted by atomic mass is 16.7. The molecular formula is C16H28O6. The molecule has 0 unspecified atom stereocenters. The van der Waals surface area contributed by atoms with Gasteiger partial charge in [0.15, 0.2) is 6.29 Å². The highest BCUT2D eigenvalue weighted by Gasteiger charge is 2.43. The molecule has 0 spiro atoms. The van der Waals surface area contributed by atoms with Crippen molar-refractivity contribution < 1.29 is 29.9 Å². The second kappa shape index (κ2) is 9.39. The van der Waals surface area contributed by atoms with E-state index in [2.05, 4.69) is 19.9 Å². The van der Waals surface area contributed by atoms with E-state index in [1.807, 2.05) is 13.0 Å².